The molecule has 1 rings (SSSR count). The summed E-state index contributed by atoms with van der Waals surface area (Å²) in [6.45, 7) is 1.88. The summed E-state index contributed by atoms with van der Waals surface area (Å²) in [7, 11) is 0. The van der Waals surface area contributed by atoms with Crippen LogP contribution in [0.4, 0.5) is 0 Å². The maximum Gasteiger partial charge on any atom is 0.346 e. The molecule has 5 nitrogen and oxygen atoms in total. The smallest absolute Gasteiger partial charge is 0.346 e. The molecule has 0 aliphatic heterocycles. The topological polar surface area (TPSA) is 69.7 Å². The van der Waals surface area contributed by atoms with E-state index in [0.29, 0.717) is 0 Å². The van der Waals surface area contributed by atoms with Gasteiger partial charge in [0.15, 0.2) is 0 Å². The van der Waals surface area contributed by atoms with Crippen molar-refractivity contribution >= 4 is 18.4 Å². The van der Waals surface area contributed by atoms with Crippen LogP contribution < -0.4 is 0 Å². The molecule has 0 unspecified atom stereocenters. The van der Waals surface area contributed by atoms with Gasteiger partial charge in [-0.2, -0.15) is 0 Å². The van der Waals surface area contributed by atoms with Gasteiger partial charge in [0, 0.05) is 0 Å². The van der Waals surface area contributed by atoms with Gasteiger partial charge in [0.1, 0.15) is 0 Å². The number of hydrogen-bond donors (Lipinski definition) is 0. The quantitative estimate of drug-likeness (QED) is 0.434. The Bertz CT molecular complexity index is 411. The fraction of sp³-hybridized carbons (Fsp3) is 0.182. The van der Waals surface area contributed by atoms with Crippen LogP contribution >= 0.6 is 0 Å². The van der Waals surface area contributed by atoms with Gasteiger partial charge < -0.3 is 9.47 Å². The molecule has 0 bridgehead atoms. The van der Waals surface area contributed by atoms with Crippen molar-refractivity contribution in [1.29, 1.82) is 0 Å². The molecule has 0 aliphatic rings. The van der Waals surface area contributed by atoms with E-state index in [4.69, 9.17) is 4.74 Å². The van der Waals surface area contributed by atoms with Crippen LogP contribution in [0.2, 0.25) is 0 Å². The monoisotopic (exact) mass is 222 g/mol. The van der Waals surface area contributed by atoms with E-state index >= 15 is 0 Å². The summed E-state index contributed by atoms with van der Waals surface area (Å²) >= 11 is 0. The molecular formula is C11H10O5. The maximum absolute atomic E-state index is 11.5. The first-order valence-corrected chi connectivity index (χ1v) is 4.61. The fourth-order valence-corrected chi connectivity index (χ4v) is 1.16. The van der Waals surface area contributed by atoms with Crippen molar-refractivity contribution in [3.63, 3.8) is 0 Å². The SMILES string of the molecule is CCOC(=O)c1ccccc1C(=O)OC=O. The zero-order valence-electron chi connectivity index (χ0n) is 8.64. The van der Waals surface area contributed by atoms with Crippen LogP contribution in [0.1, 0.15) is 27.6 Å². The predicted molar refractivity (Wildman–Crippen MR) is 53.9 cm³/mol. The van der Waals surface area contributed by atoms with Crippen LogP contribution in [-0.2, 0) is 14.3 Å². The number of benzene rings is 1. The average Bonchev–Trinajstić information content (AvgIpc) is 2.30. The van der Waals surface area contributed by atoms with Crippen molar-refractivity contribution < 1.29 is 23.9 Å². The van der Waals surface area contributed by atoms with Crippen LogP contribution in [0.15, 0.2) is 24.3 Å². The van der Waals surface area contributed by atoms with Crippen molar-refractivity contribution in [2.45, 2.75) is 6.92 Å². The molecule has 0 fully saturated rings. The first-order chi connectivity index (χ1) is 7.70. The zero-order chi connectivity index (χ0) is 12.0. The molecule has 84 valence electrons. The van der Waals surface area contributed by atoms with Gasteiger partial charge in [0.2, 0.25) is 0 Å². The Morgan fingerprint density at radius 1 is 1.19 bits per heavy atom. The third kappa shape index (κ3) is 2.66. The first-order valence-electron chi connectivity index (χ1n) is 4.61. The standard InChI is InChI=1S/C11H10O5/c1-2-15-10(13)8-5-3-4-6-9(8)11(14)16-7-12/h3-7H,2H2,1H3. The third-order valence-corrected chi connectivity index (χ3v) is 1.80. The summed E-state index contributed by atoms with van der Waals surface area (Å²) in [6.07, 6.45) is 0. The first kappa shape index (κ1) is 11.9. The molecule has 0 saturated carbocycles. The largest absolute Gasteiger partial charge is 0.462 e. The fourth-order valence-electron chi connectivity index (χ4n) is 1.16. The second-order valence-electron chi connectivity index (χ2n) is 2.77. The van der Waals surface area contributed by atoms with Crippen LogP contribution in [0, 0.1) is 0 Å². The molecule has 0 aromatic heterocycles. The Hall–Kier alpha value is -2.17. The van der Waals surface area contributed by atoms with Gasteiger partial charge >= 0.3 is 18.4 Å². The second kappa shape index (κ2) is 5.65. The summed E-state index contributed by atoms with van der Waals surface area (Å²) in [5.74, 6) is -1.50. The van der Waals surface area contributed by atoms with Gasteiger partial charge in [-0.15, -0.1) is 0 Å². The maximum atomic E-state index is 11.5. The average molecular weight is 222 g/mol. The van der Waals surface area contributed by atoms with Gasteiger partial charge in [0.05, 0.1) is 17.7 Å². The zero-order valence-corrected chi connectivity index (χ0v) is 8.64. The molecule has 0 aliphatic carbocycles. The van der Waals surface area contributed by atoms with Crippen LogP contribution in [0.5, 0.6) is 0 Å². The summed E-state index contributed by atoms with van der Waals surface area (Å²) in [6, 6.07) is 5.96. The Kier molecular flexibility index (Phi) is 4.20. The summed E-state index contributed by atoms with van der Waals surface area (Å²) in [4.78, 5) is 32.8. The molecule has 0 N–H and O–H groups in total. The van der Waals surface area contributed by atoms with E-state index in [-0.39, 0.29) is 24.2 Å². The molecule has 0 spiro atoms. The number of rotatable bonds is 4. The number of carbonyl (C=O) groups excluding carboxylic acids is 3. The van der Waals surface area contributed by atoms with Gasteiger partial charge in [-0.25, -0.2) is 9.59 Å². The van der Waals surface area contributed by atoms with E-state index in [1.54, 1.807) is 19.1 Å². The lowest BCUT2D eigenvalue weighted by Gasteiger charge is -2.05. The highest BCUT2D eigenvalue weighted by molar-refractivity contribution is 6.04. The lowest BCUT2D eigenvalue weighted by Crippen LogP contribution is -2.13. The molecule has 0 amide bonds. The lowest BCUT2D eigenvalue weighted by atomic mass is 10.1. The molecule has 0 radical (unpaired) electrons. The normalized spacial score (nSPS) is 9.31. The number of ether oxygens (including phenoxy) is 2. The molecule has 0 saturated heterocycles. The van der Waals surface area contributed by atoms with E-state index in [1.165, 1.54) is 12.1 Å². The molecule has 5 heteroatoms. The van der Waals surface area contributed by atoms with E-state index < -0.39 is 11.9 Å². The lowest BCUT2D eigenvalue weighted by molar-refractivity contribution is -0.123. The van der Waals surface area contributed by atoms with Gasteiger partial charge in [-0.05, 0) is 19.1 Å². The summed E-state index contributed by atoms with van der Waals surface area (Å²) < 4.78 is 8.93. The van der Waals surface area contributed by atoms with E-state index in [1.807, 2.05) is 0 Å². The Labute approximate surface area is 92.0 Å². The van der Waals surface area contributed by atoms with Crippen molar-refractivity contribution in [2.75, 3.05) is 6.61 Å². The van der Waals surface area contributed by atoms with E-state index in [0.717, 1.165) is 0 Å². The van der Waals surface area contributed by atoms with Crippen molar-refractivity contribution in [3.05, 3.63) is 35.4 Å². The minimum absolute atomic E-state index is 0.00745. The van der Waals surface area contributed by atoms with Gasteiger partial charge in [-0.1, -0.05) is 12.1 Å². The molecule has 1 aromatic carbocycles. The number of carbonyl (C=O) groups is 3. The highest BCUT2D eigenvalue weighted by Gasteiger charge is 2.18. The predicted octanol–water partition coefficient (Wildman–Crippen LogP) is 1.18. The third-order valence-electron chi connectivity index (χ3n) is 1.80. The van der Waals surface area contributed by atoms with E-state index in [2.05, 4.69) is 4.74 Å². The molecule has 0 atom stereocenters. The van der Waals surface area contributed by atoms with E-state index in [9.17, 15) is 14.4 Å². The minimum Gasteiger partial charge on any atom is -0.462 e. The molecule has 0 heterocycles. The number of esters is 2. The van der Waals surface area contributed by atoms with Crippen LogP contribution in [-0.4, -0.2) is 25.0 Å². The number of hydrogen-bond acceptors (Lipinski definition) is 5. The van der Waals surface area contributed by atoms with Crippen molar-refractivity contribution in [2.24, 2.45) is 0 Å². The molecule has 16 heavy (non-hydrogen) atoms. The summed E-state index contributed by atoms with van der Waals surface area (Å²) in [5.41, 5.74) is 0.0873. The van der Waals surface area contributed by atoms with Crippen molar-refractivity contribution in [3.8, 4) is 0 Å². The highest BCUT2D eigenvalue weighted by Crippen LogP contribution is 2.11. The van der Waals surface area contributed by atoms with Gasteiger partial charge in [-0.3, -0.25) is 4.79 Å². The Morgan fingerprint density at radius 3 is 2.25 bits per heavy atom. The summed E-state index contributed by atoms with van der Waals surface area (Å²) in [5, 5.41) is 0. The molecule has 1 aromatic rings. The van der Waals surface area contributed by atoms with Gasteiger partial charge in [0.25, 0.3) is 0 Å². The second-order valence-corrected chi connectivity index (χ2v) is 2.77. The van der Waals surface area contributed by atoms with Crippen LogP contribution in [0.25, 0.3) is 0 Å². The minimum atomic E-state index is -0.876. The van der Waals surface area contributed by atoms with Crippen LogP contribution in [0.3, 0.4) is 0 Å². The Balaban J connectivity index is 3.04. The highest BCUT2D eigenvalue weighted by atomic mass is 16.6. The Morgan fingerprint density at radius 2 is 1.75 bits per heavy atom. The van der Waals surface area contributed by atoms with Crippen molar-refractivity contribution in [1.82, 2.24) is 0 Å². The molecular weight excluding hydrogens is 212 g/mol.